The topological polar surface area (TPSA) is 110 Å². The highest BCUT2D eigenvalue weighted by Crippen LogP contribution is 2.32. The summed E-state index contributed by atoms with van der Waals surface area (Å²) in [6, 6.07) is 9.65. The predicted molar refractivity (Wildman–Crippen MR) is 166 cm³/mol. The number of benzene rings is 1. The molecule has 0 bridgehead atoms. The van der Waals surface area contributed by atoms with Gasteiger partial charge in [-0.1, -0.05) is 39.8 Å². The summed E-state index contributed by atoms with van der Waals surface area (Å²) in [6.45, 7) is 14.2. The normalized spacial score (nSPS) is 13.9. The van der Waals surface area contributed by atoms with Gasteiger partial charge in [0.25, 0.3) is 5.56 Å². The summed E-state index contributed by atoms with van der Waals surface area (Å²) >= 11 is 0. The van der Waals surface area contributed by atoms with Crippen LogP contribution in [0.3, 0.4) is 0 Å². The fourth-order valence-electron chi connectivity index (χ4n) is 5.28. The number of nitrogens with zero attached hydrogens (tertiary/aromatic N) is 7. The molecule has 0 radical (unpaired) electrons. The molecule has 0 unspecified atom stereocenters. The third kappa shape index (κ3) is 5.69. The molecule has 0 spiro atoms. The number of likely N-dealkylation sites (N-methyl/N-ethyl adjacent to an activating group) is 1. The summed E-state index contributed by atoms with van der Waals surface area (Å²) in [7, 11) is -0.266. The lowest BCUT2D eigenvalue weighted by atomic mass is 9.88. The van der Waals surface area contributed by atoms with Crippen LogP contribution in [-0.2, 0) is 29.2 Å². The zero-order valence-electron chi connectivity index (χ0n) is 24.4. The molecule has 3 aromatic heterocycles. The number of hydrogen-bond acceptors (Lipinski definition) is 8. The van der Waals surface area contributed by atoms with Gasteiger partial charge in [-0.25, -0.2) is 23.5 Å². The molecule has 1 N–H and O–H groups in total. The number of fused-ring (bicyclic) bond motifs is 2. The molecule has 10 nitrogen and oxygen atoms in total. The number of pyridine rings is 1. The fraction of sp³-hybridized carbons (Fsp3) is 0.400. The Bertz CT molecular complexity index is 1790. The highest BCUT2D eigenvalue weighted by atomic mass is 32.2. The van der Waals surface area contributed by atoms with Gasteiger partial charge in [-0.2, -0.15) is 9.35 Å². The Kier molecular flexibility index (Phi) is 8.10. The molecule has 41 heavy (non-hydrogen) atoms. The second-order valence-electron chi connectivity index (χ2n) is 10.7. The maximum absolute atomic E-state index is 13.4. The quantitative estimate of drug-likeness (QED) is 0.275. The third-order valence-electron chi connectivity index (χ3n) is 7.52. The monoisotopic (exact) mass is 574 g/mol. The van der Waals surface area contributed by atoms with Gasteiger partial charge < -0.3 is 10.2 Å². The van der Waals surface area contributed by atoms with Crippen LogP contribution in [0.15, 0.2) is 58.3 Å². The van der Waals surface area contributed by atoms with Crippen molar-refractivity contribution in [2.24, 2.45) is 4.36 Å². The van der Waals surface area contributed by atoms with Gasteiger partial charge in [0.2, 0.25) is 5.95 Å². The average Bonchev–Trinajstić information content (AvgIpc) is 3.23. The van der Waals surface area contributed by atoms with Crippen LogP contribution in [0.1, 0.15) is 50.3 Å². The predicted octanol–water partition coefficient (Wildman–Crippen LogP) is 5.16. The Morgan fingerprint density at radius 2 is 1.98 bits per heavy atom. The van der Waals surface area contributed by atoms with Crippen molar-refractivity contribution >= 4 is 38.2 Å². The fourth-order valence-corrected chi connectivity index (χ4v) is 6.39. The van der Waals surface area contributed by atoms with Crippen LogP contribution in [0, 0.1) is 0 Å². The van der Waals surface area contributed by atoms with E-state index >= 15 is 0 Å². The number of aromatic nitrogens is 5. The van der Waals surface area contributed by atoms with Crippen LogP contribution in [0.5, 0.6) is 0 Å². The van der Waals surface area contributed by atoms with E-state index in [0.717, 1.165) is 25.2 Å². The molecule has 0 amide bonds. The molecule has 0 aliphatic carbocycles. The molecule has 11 heteroatoms. The number of rotatable bonds is 9. The SMILES string of the molecule is C=CCn1c(=O)c2cnc(Nc3cc4c(c(C(C)C)c3)CCN(C)C4)nc2n1-c1cccc(N=S(=O)(CC)CC)n1. The second-order valence-corrected chi connectivity index (χ2v) is 13.6. The number of anilines is 2. The van der Waals surface area contributed by atoms with Crippen LogP contribution in [-0.4, -0.2) is 58.5 Å². The zero-order valence-corrected chi connectivity index (χ0v) is 25.2. The van der Waals surface area contributed by atoms with Gasteiger partial charge in [0, 0.05) is 36.5 Å². The van der Waals surface area contributed by atoms with Gasteiger partial charge in [0.1, 0.15) is 5.39 Å². The van der Waals surface area contributed by atoms with E-state index in [9.17, 15) is 9.00 Å². The Labute approximate surface area is 241 Å². The summed E-state index contributed by atoms with van der Waals surface area (Å²) in [5.74, 6) is 2.42. The minimum absolute atomic E-state index is 0.248. The van der Waals surface area contributed by atoms with Crippen molar-refractivity contribution in [1.82, 2.24) is 29.2 Å². The first-order valence-electron chi connectivity index (χ1n) is 14.1. The van der Waals surface area contributed by atoms with E-state index in [2.05, 4.69) is 64.2 Å². The van der Waals surface area contributed by atoms with Gasteiger partial charge in [-0.05, 0) is 60.3 Å². The number of nitrogens with one attached hydrogen (secondary N) is 1. The zero-order chi connectivity index (χ0) is 29.3. The summed E-state index contributed by atoms with van der Waals surface area (Å²) in [5, 5.41) is 3.75. The van der Waals surface area contributed by atoms with E-state index < -0.39 is 9.73 Å². The molecule has 4 heterocycles. The smallest absolute Gasteiger partial charge is 0.278 e. The Morgan fingerprint density at radius 3 is 2.68 bits per heavy atom. The number of hydrogen-bond donors (Lipinski definition) is 1. The van der Waals surface area contributed by atoms with Crippen LogP contribution in [0.25, 0.3) is 16.9 Å². The van der Waals surface area contributed by atoms with E-state index in [1.165, 1.54) is 21.4 Å². The van der Waals surface area contributed by atoms with E-state index in [1.54, 1.807) is 35.2 Å². The Hall–Kier alpha value is -3.83. The highest BCUT2D eigenvalue weighted by Gasteiger charge is 2.21. The molecule has 5 rings (SSSR count). The Balaban J connectivity index is 1.63. The lowest BCUT2D eigenvalue weighted by molar-refractivity contribution is 0.312. The Morgan fingerprint density at radius 1 is 1.20 bits per heavy atom. The van der Waals surface area contributed by atoms with Gasteiger partial charge in [-0.15, -0.1) is 6.58 Å². The molecule has 216 valence electrons. The van der Waals surface area contributed by atoms with E-state index in [4.69, 9.17) is 4.98 Å². The molecular weight excluding hydrogens is 536 g/mol. The van der Waals surface area contributed by atoms with Crippen LogP contribution >= 0.6 is 0 Å². The standard InChI is InChI=1S/C30H38N8O2S/c1-7-14-37-29(39)25-18-31-30(32-22-16-21-19-36(6)15-13-23(21)24(17-22)20(4)5)34-28(25)38(37)27-12-10-11-26(33-27)35-41(40,8-2)9-3/h7,10-12,16-18,20H,1,8-9,13-15,19H2,2-6H3,(H,31,32,34). The summed E-state index contributed by atoms with van der Waals surface area (Å²) < 4.78 is 20.6. The molecule has 0 atom stereocenters. The van der Waals surface area contributed by atoms with E-state index in [-0.39, 0.29) is 12.1 Å². The summed E-state index contributed by atoms with van der Waals surface area (Å²) in [6.07, 6.45) is 4.24. The van der Waals surface area contributed by atoms with Crippen molar-refractivity contribution < 1.29 is 4.21 Å². The second kappa shape index (κ2) is 11.6. The van der Waals surface area contributed by atoms with Crippen LogP contribution < -0.4 is 10.9 Å². The van der Waals surface area contributed by atoms with Crippen molar-refractivity contribution in [3.8, 4) is 5.82 Å². The van der Waals surface area contributed by atoms with Crippen LogP contribution in [0.4, 0.5) is 17.5 Å². The van der Waals surface area contributed by atoms with Gasteiger partial charge in [0.05, 0.1) is 16.3 Å². The third-order valence-corrected chi connectivity index (χ3v) is 9.84. The van der Waals surface area contributed by atoms with Crippen molar-refractivity contribution in [3.63, 3.8) is 0 Å². The molecule has 1 aromatic carbocycles. The summed E-state index contributed by atoms with van der Waals surface area (Å²) in [4.78, 5) is 29.7. The average molecular weight is 575 g/mol. The van der Waals surface area contributed by atoms with Gasteiger partial charge in [-0.3, -0.25) is 4.79 Å². The first kappa shape index (κ1) is 28.7. The first-order valence-corrected chi connectivity index (χ1v) is 15.9. The lowest BCUT2D eigenvalue weighted by Crippen LogP contribution is -2.27. The van der Waals surface area contributed by atoms with Crippen molar-refractivity contribution in [2.75, 3.05) is 30.4 Å². The highest BCUT2D eigenvalue weighted by molar-refractivity contribution is 7.93. The van der Waals surface area contributed by atoms with E-state index in [0.29, 0.717) is 46.0 Å². The molecule has 0 saturated carbocycles. The lowest BCUT2D eigenvalue weighted by Gasteiger charge is -2.28. The van der Waals surface area contributed by atoms with E-state index in [1.807, 2.05) is 13.8 Å². The minimum Gasteiger partial charge on any atom is -0.324 e. The molecule has 0 fully saturated rings. The molecule has 1 aliphatic rings. The van der Waals surface area contributed by atoms with Gasteiger partial charge >= 0.3 is 0 Å². The van der Waals surface area contributed by atoms with Crippen molar-refractivity contribution in [2.45, 2.75) is 53.1 Å². The maximum atomic E-state index is 13.4. The molecule has 0 saturated heterocycles. The number of allylic oxidation sites excluding steroid dienone is 1. The van der Waals surface area contributed by atoms with Gasteiger partial charge in [0.15, 0.2) is 17.3 Å². The molecular formula is C30H38N8O2S. The van der Waals surface area contributed by atoms with Crippen LogP contribution in [0.2, 0.25) is 0 Å². The molecule has 1 aliphatic heterocycles. The summed E-state index contributed by atoms with van der Waals surface area (Å²) in [5.41, 5.74) is 5.14. The first-order chi connectivity index (χ1) is 19.7. The minimum atomic E-state index is -2.41. The maximum Gasteiger partial charge on any atom is 0.278 e. The van der Waals surface area contributed by atoms with Crippen molar-refractivity contribution in [3.05, 3.63) is 76.2 Å². The largest absolute Gasteiger partial charge is 0.324 e. The molecule has 4 aromatic rings. The van der Waals surface area contributed by atoms with Crippen molar-refractivity contribution in [1.29, 1.82) is 0 Å².